The molecule has 1 N–H and O–H groups in total. The molecule has 0 fully saturated rings. The summed E-state index contributed by atoms with van der Waals surface area (Å²) in [5.41, 5.74) is 1.05. The van der Waals surface area contributed by atoms with Gasteiger partial charge < -0.3 is 5.32 Å². The molecule has 1 amide bonds. The highest BCUT2D eigenvalue weighted by molar-refractivity contribution is 9.09. The van der Waals surface area contributed by atoms with Crippen molar-refractivity contribution in [2.24, 2.45) is 0 Å². The number of nitrogens with zero attached hydrogens (tertiary/aromatic N) is 1. The van der Waals surface area contributed by atoms with E-state index in [-0.39, 0.29) is 5.91 Å². The minimum absolute atomic E-state index is 0.00879. The highest BCUT2D eigenvalue weighted by atomic mass is 79.9. The molecule has 0 aliphatic rings. The molecule has 0 bridgehead atoms. The molecule has 0 atom stereocenters. The van der Waals surface area contributed by atoms with E-state index < -0.39 is 0 Å². The van der Waals surface area contributed by atoms with Gasteiger partial charge in [0.1, 0.15) is 5.01 Å². The Morgan fingerprint density at radius 3 is 2.77 bits per heavy atom. The number of aryl methyl sites for hydroxylation is 2. The first-order valence-corrected chi connectivity index (χ1v) is 5.83. The Kier molecular flexibility index (Phi) is 3.87. The third-order valence-electron chi connectivity index (χ3n) is 1.63. The van der Waals surface area contributed by atoms with Crippen molar-refractivity contribution in [2.45, 2.75) is 20.4 Å². The van der Waals surface area contributed by atoms with Crippen LogP contribution in [0.3, 0.4) is 0 Å². The van der Waals surface area contributed by atoms with E-state index in [0.717, 1.165) is 10.7 Å². The Hall–Kier alpha value is -0.420. The minimum Gasteiger partial charge on any atom is -0.349 e. The summed E-state index contributed by atoms with van der Waals surface area (Å²) in [6.45, 7) is 4.54. The van der Waals surface area contributed by atoms with Crippen molar-refractivity contribution < 1.29 is 4.79 Å². The van der Waals surface area contributed by atoms with Gasteiger partial charge in [-0.3, -0.25) is 4.79 Å². The Morgan fingerprint density at radius 1 is 1.62 bits per heavy atom. The summed E-state index contributed by atoms with van der Waals surface area (Å²) in [7, 11) is 0. The number of rotatable bonds is 3. The monoisotopic (exact) mass is 262 g/mol. The SMILES string of the molecule is Cc1nc(CNC(=O)CBr)sc1C. The van der Waals surface area contributed by atoms with Crippen LogP contribution < -0.4 is 5.32 Å². The number of carbonyl (C=O) groups is 1. The number of hydrogen-bond donors (Lipinski definition) is 1. The van der Waals surface area contributed by atoms with Crippen molar-refractivity contribution in [2.75, 3.05) is 5.33 Å². The highest BCUT2D eigenvalue weighted by Crippen LogP contribution is 2.15. The van der Waals surface area contributed by atoms with E-state index in [1.807, 2.05) is 13.8 Å². The van der Waals surface area contributed by atoms with Crippen molar-refractivity contribution in [3.63, 3.8) is 0 Å². The number of amides is 1. The predicted octanol–water partition coefficient (Wildman–Crippen LogP) is 1.77. The Morgan fingerprint density at radius 2 is 2.31 bits per heavy atom. The lowest BCUT2D eigenvalue weighted by Gasteiger charge is -1.97. The maximum absolute atomic E-state index is 10.9. The van der Waals surface area contributed by atoms with Crippen LogP contribution in [0.4, 0.5) is 0 Å². The summed E-state index contributed by atoms with van der Waals surface area (Å²) in [5.74, 6) is -0.00879. The number of aromatic nitrogens is 1. The Labute approximate surface area is 89.7 Å². The zero-order chi connectivity index (χ0) is 9.84. The zero-order valence-corrected chi connectivity index (χ0v) is 9.96. The van der Waals surface area contributed by atoms with Gasteiger partial charge in [0.2, 0.25) is 5.91 Å². The van der Waals surface area contributed by atoms with Crippen LogP contribution in [0.5, 0.6) is 0 Å². The van der Waals surface area contributed by atoms with Crippen LogP contribution in [0.1, 0.15) is 15.6 Å². The normalized spacial score (nSPS) is 10.1. The number of hydrogen-bond acceptors (Lipinski definition) is 3. The number of alkyl halides is 1. The first kappa shape index (κ1) is 10.7. The average molecular weight is 263 g/mol. The summed E-state index contributed by atoms with van der Waals surface area (Å²) < 4.78 is 0. The molecule has 0 aromatic carbocycles. The quantitative estimate of drug-likeness (QED) is 0.844. The van der Waals surface area contributed by atoms with Crippen LogP contribution in [-0.4, -0.2) is 16.2 Å². The minimum atomic E-state index is -0.00879. The fourth-order valence-corrected chi connectivity index (χ4v) is 1.91. The Bertz CT molecular complexity index is 292. The third kappa shape index (κ3) is 3.08. The third-order valence-corrected chi connectivity index (χ3v) is 3.21. The van der Waals surface area contributed by atoms with Crippen LogP contribution in [0, 0.1) is 13.8 Å². The molecular formula is C8H11BrN2OS. The lowest BCUT2D eigenvalue weighted by Crippen LogP contribution is -2.23. The van der Waals surface area contributed by atoms with Gasteiger partial charge in [0, 0.05) is 4.88 Å². The van der Waals surface area contributed by atoms with Crippen molar-refractivity contribution in [3.05, 3.63) is 15.6 Å². The highest BCUT2D eigenvalue weighted by Gasteiger charge is 2.04. The van der Waals surface area contributed by atoms with Crippen molar-refractivity contribution >= 4 is 33.2 Å². The maximum atomic E-state index is 10.9. The number of carbonyl (C=O) groups excluding carboxylic acids is 1. The smallest absolute Gasteiger partial charge is 0.231 e. The summed E-state index contributed by atoms with van der Waals surface area (Å²) in [6.07, 6.45) is 0. The first-order valence-electron chi connectivity index (χ1n) is 3.89. The topological polar surface area (TPSA) is 42.0 Å². The molecule has 0 radical (unpaired) electrons. The second-order valence-corrected chi connectivity index (χ2v) is 4.51. The molecule has 0 unspecified atom stereocenters. The fraction of sp³-hybridized carbons (Fsp3) is 0.500. The van der Waals surface area contributed by atoms with E-state index >= 15 is 0 Å². The molecule has 0 spiro atoms. The van der Waals surface area contributed by atoms with Gasteiger partial charge in [-0.2, -0.15) is 0 Å². The zero-order valence-electron chi connectivity index (χ0n) is 7.56. The molecule has 0 aliphatic carbocycles. The van der Waals surface area contributed by atoms with E-state index in [1.54, 1.807) is 11.3 Å². The van der Waals surface area contributed by atoms with Crippen molar-refractivity contribution in [3.8, 4) is 0 Å². The molecule has 1 heterocycles. The van der Waals surface area contributed by atoms with Gasteiger partial charge in [0.05, 0.1) is 17.6 Å². The van der Waals surface area contributed by atoms with E-state index in [9.17, 15) is 4.79 Å². The van der Waals surface area contributed by atoms with Gasteiger partial charge in [0.25, 0.3) is 0 Å². The average Bonchev–Trinajstić information content (AvgIpc) is 2.42. The molecule has 0 saturated heterocycles. The lowest BCUT2D eigenvalue weighted by atomic mass is 10.4. The molecule has 1 rings (SSSR count). The summed E-state index contributed by atoms with van der Waals surface area (Å²) in [5, 5.41) is 4.06. The summed E-state index contributed by atoms with van der Waals surface area (Å²) in [4.78, 5) is 16.4. The van der Waals surface area contributed by atoms with Crippen molar-refractivity contribution in [1.82, 2.24) is 10.3 Å². The summed E-state index contributed by atoms with van der Waals surface area (Å²) in [6, 6.07) is 0. The lowest BCUT2D eigenvalue weighted by molar-refractivity contribution is -0.118. The first-order chi connectivity index (χ1) is 6.13. The standard InChI is InChI=1S/C8H11BrN2OS/c1-5-6(2)13-8(11-5)4-10-7(12)3-9/h3-4H2,1-2H3,(H,10,12). The second-order valence-electron chi connectivity index (χ2n) is 2.66. The van der Waals surface area contributed by atoms with Gasteiger partial charge in [-0.25, -0.2) is 4.98 Å². The Balaban J connectivity index is 2.50. The second kappa shape index (κ2) is 4.72. The van der Waals surface area contributed by atoms with Gasteiger partial charge >= 0.3 is 0 Å². The predicted molar refractivity (Wildman–Crippen MR) is 57.2 cm³/mol. The van der Waals surface area contributed by atoms with Gasteiger partial charge in [-0.15, -0.1) is 11.3 Å². The largest absolute Gasteiger partial charge is 0.349 e. The van der Waals surface area contributed by atoms with Crippen LogP contribution in [-0.2, 0) is 11.3 Å². The molecular weight excluding hydrogens is 252 g/mol. The molecule has 1 aromatic heterocycles. The van der Waals surface area contributed by atoms with Gasteiger partial charge in [0.15, 0.2) is 0 Å². The van der Waals surface area contributed by atoms with Crippen LogP contribution in [0.2, 0.25) is 0 Å². The fourth-order valence-electron chi connectivity index (χ4n) is 0.836. The number of thiazole rings is 1. The number of nitrogens with one attached hydrogen (secondary N) is 1. The molecule has 5 heteroatoms. The molecule has 3 nitrogen and oxygen atoms in total. The van der Waals surface area contributed by atoms with Gasteiger partial charge in [-0.1, -0.05) is 15.9 Å². The van der Waals surface area contributed by atoms with Crippen LogP contribution >= 0.6 is 27.3 Å². The van der Waals surface area contributed by atoms with Crippen molar-refractivity contribution in [1.29, 1.82) is 0 Å². The molecule has 13 heavy (non-hydrogen) atoms. The maximum Gasteiger partial charge on any atom is 0.231 e. The van der Waals surface area contributed by atoms with E-state index in [0.29, 0.717) is 11.9 Å². The van der Waals surface area contributed by atoms with E-state index in [2.05, 4.69) is 26.2 Å². The molecule has 0 saturated carbocycles. The van der Waals surface area contributed by atoms with E-state index in [4.69, 9.17) is 0 Å². The molecule has 72 valence electrons. The van der Waals surface area contributed by atoms with Crippen LogP contribution in [0.15, 0.2) is 0 Å². The summed E-state index contributed by atoms with van der Waals surface area (Å²) >= 11 is 4.70. The number of halogens is 1. The van der Waals surface area contributed by atoms with Crippen LogP contribution in [0.25, 0.3) is 0 Å². The molecule has 0 aliphatic heterocycles. The van der Waals surface area contributed by atoms with Gasteiger partial charge in [-0.05, 0) is 13.8 Å². The molecule has 1 aromatic rings. The van der Waals surface area contributed by atoms with E-state index in [1.165, 1.54) is 4.88 Å².